The number of aliphatic hydroxyl groups is 1. The Morgan fingerprint density at radius 3 is 2.62 bits per heavy atom. The number of rotatable bonds is 3. The zero-order chi connectivity index (χ0) is 24.8. The molecule has 0 aromatic heterocycles. The summed E-state index contributed by atoms with van der Waals surface area (Å²) in [7, 11) is 0. The van der Waals surface area contributed by atoms with E-state index >= 15 is 4.39 Å². The van der Waals surface area contributed by atoms with Crippen LogP contribution in [0.3, 0.4) is 0 Å². The molecule has 5 rings (SSSR count). The second-order valence-electron chi connectivity index (χ2n) is 11.6. The number of halogens is 1. The number of Topliss-reactive ketones (excluding diaryl/α,β-unsaturated/α-hetero) is 1. The predicted octanol–water partition coefficient (Wildman–Crippen LogP) is 2.85. The van der Waals surface area contributed by atoms with Gasteiger partial charge in [0.15, 0.2) is 23.8 Å². The van der Waals surface area contributed by atoms with E-state index in [4.69, 9.17) is 14.2 Å². The molecule has 7 nitrogen and oxygen atoms in total. The maximum absolute atomic E-state index is 15.6. The van der Waals surface area contributed by atoms with Crippen LogP contribution in [0, 0.1) is 28.6 Å². The van der Waals surface area contributed by atoms with Gasteiger partial charge in [0.05, 0.1) is 12.2 Å². The Morgan fingerprint density at radius 1 is 1.24 bits per heavy atom. The summed E-state index contributed by atoms with van der Waals surface area (Å²) in [6, 6.07) is 0. The number of alkyl halides is 1. The summed E-state index contributed by atoms with van der Waals surface area (Å²) in [6.07, 6.45) is 2.70. The van der Waals surface area contributed by atoms with Gasteiger partial charge in [-0.1, -0.05) is 19.9 Å². The highest BCUT2D eigenvalue weighted by atomic mass is 19.1. The molecule has 1 aliphatic heterocycles. The fourth-order valence-electron chi connectivity index (χ4n) is 8.21. The van der Waals surface area contributed by atoms with Gasteiger partial charge in [0, 0.05) is 23.7 Å². The van der Waals surface area contributed by atoms with Crippen molar-refractivity contribution in [1.29, 1.82) is 0 Å². The minimum absolute atomic E-state index is 0.161. The minimum atomic E-state index is -1.41. The third-order valence-electron chi connectivity index (χ3n) is 9.29. The van der Waals surface area contributed by atoms with Crippen molar-refractivity contribution >= 4 is 17.5 Å². The zero-order valence-electron chi connectivity index (χ0n) is 20.3. The summed E-state index contributed by atoms with van der Waals surface area (Å²) < 4.78 is 33.2. The molecular weight excluding hydrogens is 443 g/mol. The van der Waals surface area contributed by atoms with Crippen LogP contribution in [-0.2, 0) is 28.6 Å². The number of carbonyl (C=O) groups is 3. The monoisotopic (exact) mass is 476 g/mol. The van der Waals surface area contributed by atoms with E-state index in [0.29, 0.717) is 12.0 Å². The summed E-state index contributed by atoms with van der Waals surface area (Å²) in [6.45, 7) is 8.10. The largest absolute Gasteiger partial charge is 0.458 e. The van der Waals surface area contributed by atoms with E-state index in [0.717, 1.165) is 0 Å². The van der Waals surface area contributed by atoms with E-state index in [1.165, 1.54) is 19.1 Å². The fraction of sp³-hybridized carbons (Fsp3) is 0.731. The van der Waals surface area contributed by atoms with Gasteiger partial charge in [0.25, 0.3) is 0 Å². The molecule has 0 aromatic carbocycles. The van der Waals surface area contributed by atoms with Crippen molar-refractivity contribution < 1.29 is 38.1 Å². The summed E-state index contributed by atoms with van der Waals surface area (Å²) in [5, 5.41) is 11.6. The molecule has 5 aliphatic rings. The molecule has 0 bridgehead atoms. The average Bonchev–Trinajstić information content (AvgIpc) is 3.13. The lowest BCUT2D eigenvalue weighted by Crippen LogP contribution is -2.64. The van der Waals surface area contributed by atoms with E-state index in [2.05, 4.69) is 0 Å². The van der Waals surface area contributed by atoms with Crippen molar-refractivity contribution in [2.45, 2.75) is 83.6 Å². The lowest BCUT2D eigenvalue weighted by Gasteiger charge is -2.60. The summed E-state index contributed by atoms with van der Waals surface area (Å²) in [5.74, 6) is -2.94. The second-order valence-corrected chi connectivity index (χ2v) is 11.6. The number of ketones is 2. The molecule has 186 valence electrons. The lowest BCUT2D eigenvalue weighted by molar-refractivity contribution is -0.227. The van der Waals surface area contributed by atoms with Crippen LogP contribution in [-0.4, -0.2) is 59.0 Å². The molecule has 8 heteroatoms. The Bertz CT molecular complexity index is 1020. The molecule has 1 saturated heterocycles. The molecular formula is C26H33FO7. The summed E-state index contributed by atoms with van der Waals surface area (Å²) in [4.78, 5) is 37.1. The number of ether oxygens (including phenoxy) is 3. The van der Waals surface area contributed by atoms with Crippen LogP contribution in [0.15, 0.2) is 23.8 Å². The third-order valence-corrected chi connectivity index (χ3v) is 9.29. The van der Waals surface area contributed by atoms with Gasteiger partial charge in [-0.05, 0) is 62.7 Å². The van der Waals surface area contributed by atoms with Crippen LogP contribution in [0.5, 0.6) is 0 Å². The molecule has 0 aromatic rings. The van der Waals surface area contributed by atoms with Crippen molar-refractivity contribution in [2.24, 2.45) is 28.6 Å². The lowest BCUT2D eigenvalue weighted by atomic mass is 9.46. The van der Waals surface area contributed by atoms with E-state index in [9.17, 15) is 19.5 Å². The first-order chi connectivity index (χ1) is 15.7. The number of allylic oxidation sites excluding steroid dienone is 4. The number of fused-ring (bicyclic) bond motifs is 7. The van der Waals surface area contributed by atoms with Gasteiger partial charge in [-0.3, -0.25) is 14.4 Å². The van der Waals surface area contributed by atoms with E-state index < -0.39 is 59.0 Å². The number of aliphatic hydroxyl groups excluding tert-OH is 1. The minimum Gasteiger partial charge on any atom is -0.458 e. The second kappa shape index (κ2) is 7.31. The van der Waals surface area contributed by atoms with Crippen LogP contribution in [0.4, 0.5) is 4.39 Å². The van der Waals surface area contributed by atoms with Gasteiger partial charge < -0.3 is 19.3 Å². The number of carbonyl (C=O) groups excluding carboxylic acids is 3. The molecule has 3 saturated carbocycles. The molecule has 0 amide bonds. The van der Waals surface area contributed by atoms with Crippen molar-refractivity contribution in [1.82, 2.24) is 0 Å². The first-order valence-corrected chi connectivity index (χ1v) is 12.1. The summed E-state index contributed by atoms with van der Waals surface area (Å²) in [5.41, 5.74) is -2.63. The van der Waals surface area contributed by atoms with Crippen molar-refractivity contribution in [3.05, 3.63) is 23.8 Å². The number of hydrogen-bond acceptors (Lipinski definition) is 7. The van der Waals surface area contributed by atoms with Crippen LogP contribution >= 0.6 is 0 Å². The van der Waals surface area contributed by atoms with Crippen molar-refractivity contribution in [3.63, 3.8) is 0 Å². The molecule has 34 heavy (non-hydrogen) atoms. The van der Waals surface area contributed by atoms with Crippen LogP contribution in [0.25, 0.3) is 0 Å². The SMILES string of the molecule is CC(=O)OCC(=O)[C@@]12OC(C)(C)O[C@@H]1CC1C3CC(F)C4=CC(=O)C=C[C@]4(C)C3C(O)C[C@@]12C. The van der Waals surface area contributed by atoms with Crippen molar-refractivity contribution in [2.75, 3.05) is 6.61 Å². The molecule has 9 atom stereocenters. The molecule has 4 aliphatic carbocycles. The first kappa shape index (κ1) is 23.8. The quantitative estimate of drug-likeness (QED) is 0.626. The van der Waals surface area contributed by atoms with Gasteiger partial charge in [-0.15, -0.1) is 0 Å². The Hall–Kier alpha value is -1.90. The normalized spacial score (nSPS) is 48.3. The van der Waals surface area contributed by atoms with Gasteiger partial charge in [-0.2, -0.15) is 0 Å². The maximum atomic E-state index is 15.6. The highest BCUT2D eigenvalue weighted by molar-refractivity contribution is 6.01. The van der Waals surface area contributed by atoms with Gasteiger partial charge in [-0.25, -0.2) is 4.39 Å². The Morgan fingerprint density at radius 2 is 1.94 bits per heavy atom. The highest BCUT2D eigenvalue weighted by Crippen LogP contribution is 2.70. The van der Waals surface area contributed by atoms with E-state index in [-0.39, 0.29) is 36.4 Å². The average molecular weight is 477 g/mol. The standard InChI is InChI=1S/C26H33FO7/c1-13(28)32-12-20(31)26-21(33-23(2,3)34-26)10-16-15-9-18(27)17-8-14(29)6-7-24(17,4)22(15)19(30)11-25(16,26)5/h6-8,15-16,18-19,21-22,30H,9-12H2,1-5H3/t15?,16?,18?,19?,21-,22?,24+,25+,26-/m1/s1. The molecule has 4 fully saturated rings. The Kier molecular flexibility index (Phi) is 5.12. The van der Waals surface area contributed by atoms with Crippen LogP contribution in [0.1, 0.15) is 53.9 Å². The zero-order valence-corrected chi connectivity index (χ0v) is 20.3. The van der Waals surface area contributed by atoms with Crippen LogP contribution < -0.4 is 0 Å². The van der Waals surface area contributed by atoms with E-state index in [1.807, 2.05) is 13.8 Å². The first-order valence-electron chi connectivity index (χ1n) is 12.1. The molecule has 0 radical (unpaired) electrons. The molecule has 1 heterocycles. The molecule has 0 spiro atoms. The van der Waals surface area contributed by atoms with E-state index in [1.54, 1.807) is 19.9 Å². The molecule has 1 N–H and O–H groups in total. The fourth-order valence-corrected chi connectivity index (χ4v) is 8.21. The van der Waals surface area contributed by atoms with Crippen molar-refractivity contribution in [3.8, 4) is 0 Å². The maximum Gasteiger partial charge on any atom is 0.303 e. The van der Waals surface area contributed by atoms with Gasteiger partial charge in [0.2, 0.25) is 5.78 Å². The Balaban J connectivity index is 1.58. The summed E-state index contributed by atoms with van der Waals surface area (Å²) >= 11 is 0. The number of esters is 1. The van der Waals surface area contributed by atoms with Gasteiger partial charge >= 0.3 is 5.97 Å². The van der Waals surface area contributed by atoms with Gasteiger partial charge in [0.1, 0.15) is 6.17 Å². The Labute approximate surface area is 198 Å². The topological polar surface area (TPSA) is 99.1 Å². The smallest absolute Gasteiger partial charge is 0.303 e. The number of hydrogen-bond donors (Lipinski definition) is 1. The third kappa shape index (κ3) is 3.00. The van der Waals surface area contributed by atoms with Crippen LogP contribution in [0.2, 0.25) is 0 Å². The highest BCUT2D eigenvalue weighted by Gasteiger charge is 2.77. The molecule has 5 unspecified atom stereocenters. The predicted molar refractivity (Wildman–Crippen MR) is 118 cm³/mol.